The van der Waals surface area contributed by atoms with Crippen LogP contribution in [0.4, 0.5) is 0 Å². The number of halogens is 4. The Labute approximate surface area is 131 Å². The van der Waals surface area contributed by atoms with Gasteiger partial charge in [0.2, 0.25) is 0 Å². The maximum Gasteiger partial charge on any atom is 0.405 e. The molecule has 0 unspecified atom stereocenters. The molecule has 96 valence electrons. The molecule has 2 aromatic rings. The molecule has 0 bridgehead atoms. The molecule has 19 heavy (non-hydrogen) atoms. The molecule has 1 nitrogen and oxygen atoms in total. The molecule has 0 saturated heterocycles. The van der Waals surface area contributed by atoms with Crippen molar-refractivity contribution in [2.75, 3.05) is 0 Å². The molecule has 0 aromatic heterocycles. The normalized spacial score (nSPS) is 9.89. The third-order valence-corrected chi connectivity index (χ3v) is 3.47. The summed E-state index contributed by atoms with van der Waals surface area (Å²) in [4.78, 5) is 0. The van der Waals surface area contributed by atoms with Crippen molar-refractivity contribution in [3.05, 3.63) is 69.7 Å². The van der Waals surface area contributed by atoms with Crippen LogP contribution in [0, 0.1) is 0 Å². The Morgan fingerprint density at radius 3 is 1.26 bits per heavy atom. The Kier molecular flexibility index (Phi) is 4.93. The van der Waals surface area contributed by atoms with Crippen LogP contribution >= 0.6 is 46.4 Å². The third kappa shape index (κ3) is 4.01. The van der Waals surface area contributed by atoms with E-state index < -0.39 is 0 Å². The van der Waals surface area contributed by atoms with Crippen molar-refractivity contribution in [3.63, 3.8) is 0 Å². The van der Waals surface area contributed by atoms with Gasteiger partial charge in [0.05, 0.1) is 11.1 Å². The molecule has 0 heterocycles. The maximum atomic E-state index is 6.11. The lowest BCUT2D eigenvalue weighted by Crippen LogP contribution is -2.02. The largest absolute Gasteiger partial charge is 0.405 e. The highest BCUT2D eigenvalue weighted by Crippen LogP contribution is 2.12. The lowest BCUT2D eigenvalue weighted by Gasteiger charge is -1.90. The van der Waals surface area contributed by atoms with Crippen molar-refractivity contribution >= 4 is 56.7 Å². The molecule has 0 aliphatic rings. The van der Waals surface area contributed by atoms with Gasteiger partial charge in [-0.05, 0) is 48.5 Å². The highest BCUT2D eigenvalue weighted by molar-refractivity contribution is 6.73. The topological polar surface area (TPSA) is 14.1 Å². The highest BCUT2D eigenvalue weighted by atomic mass is 35.5. The summed E-state index contributed by atoms with van der Waals surface area (Å²) in [6.45, 7) is 0. The summed E-state index contributed by atoms with van der Waals surface area (Å²) in [5.74, 6) is 0. The lowest BCUT2D eigenvalue weighted by molar-refractivity contribution is 1.58. The number of nitrogens with zero attached hydrogens (tertiary/aromatic N) is 1. The highest BCUT2D eigenvalue weighted by Gasteiger charge is 2.14. The van der Waals surface area contributed by atoms with Gasteiger partial charge in [-0.2, -0.15) is 0 Å². The second kappa shape index (κ2) is 6.47. The van der Waals surface area contributed by atoms with E-state index in [0.717, 1.165) is 11.1 Å². The van der Waals surface area contributed by atoms with Gasteiger partial charge < -0.3 is 0 Å². The van der Waals surface area contributed by atoms with Gasteiger partial charge in [0, 0.05) is 33.2 Å². The van der Waals surface area contributed by atoms with Crippen molar-refractivity contribution < 1.29 is 0 Å². The summed E-state index contributed by atoms with van der Waals surface area (Å²) in [6, 6.07) is 14.1. The van der Waals surface area contributed by atoms with E-state index in [0.29, 0.717) is 20.4 Å². The van der Waals surface area contributed by atoms with Gasteiger partial charge in [-0.3, -0.25) is 0 Å². The van der Waals surface area contributed by atoms with Crippen LogP contribution in [0.15, 0.2) is 48.5 Å². The van der Waals surface area contributed by atoms with Crippen LogP contribution in [0.2, 0.25) is 10.0 Å². The van der Waals surface area contributed by atoms with Crippen LogP contribution in [0.25, 0.3) is 0 Å². The van der Waals surface area contributed by atoms with E-state index in [9.17, 15) is 0 Å². The van der Waals surface area contributed by atoms with Gasteiger partial charge in [-0.25, -0.2) is 0 Å². The van der Waals surface area contributed by atoms with Crippen molar-refractivity contribution in [2.45, 2.75) is 0 Å². The van der Waals surface area contributed by atoms with Crippen LogP contribution in [-0.2, 0) is 0 Å². The smallest absolute Gasteiger partial charge is 0.0843 e. The Hall–Kier alpha value is -0.950. The first-order chi connectivity index (χ1) is 9.06. The first kappa shape index (κ1) is 14.5. The van der Waals surface area contributed by atoms with E-state index in [1.54, 1.807) is 48.5 Å². The molecule has 0 fully saturated rings. The predicted octanol–water partition coefficient (Wildman–Crippen LogP) is 4.73. The van der Waals surface area contributed by atoms with Crippen LogP contribution in [0.1, 0.15) is 11.1 Å². The molecule has 0 aliphatic carbocycles. The standard InChI is InChI=1S/C14H8Cl4N/c15-11-5-1-9(2-6-11)13(17)19-14(18)10-3-7-12(16)8-4-10/h1-8H/q+1. The van der Waals surface area contributed by atoms with E-state index in [1.165, 1.54) is 0 Å². The van der Waals surface area contributed by atoms with Crippen molar-refractivity contribution in [3.8, 4) is 0 Å². The van der Waals surface area contributed by atoms with E-state index in [-0.39, 0.29) is 0 Å². The fourth-order valence-electron chi connectivity index (χ4n) is 1.39. The number of hydrogen-bond donors (Lipinski definition) is 0. The molecule has 0 amide bonds. The first-order valence-electron chi connectivity index (χ1n) is 5.35. The molecule has 0 aliphatic heterocycles. The fourth-order valence-corrected chi connectivity index (χ4v) is 2.11. The SMILES string of the molecule is ClC(=[N+]=C(Cl)c1ccc(Cl)cc1)c1ccc(Cl)cc1. The first-order valence-corrected chi connectivity index (χ1v) is 6.86. The van der Waals surface area contributed by atoms with E-state index in [4.69, 9.17) is 46.4 Å². The Morgan fingerprint density at radius 2 is 0.947 bits per heavy atom. The summed E-state index contributed by atoms with van der Waals surface area (Å²) in [5.41, 5.74) is 1.50. The van der Waals surface area contributed by atoms with Gasteiger partial charge in [0.1, 0.15) is 0 Å². The Morgan fingerprint density at radius 1 is 0.632 bits per heavy atom. The van der Waals surface area contributed by atoms with Crippen molar-refractivity contribution in [1.29, 1.82) is 0 Å². The van der Waals surface area contributed by atoms with Crippen molar-refractivity contribution in [1.82, 2.24) is 4.67 Å². The second-order valence-corrected chi connectivity index (χ2v) is 5.30. The number of rotatable bonds is 2. The number of hydrogen-bond acceptors (Lipinski definition) is 0. The van der Waals surface area contributed by atoms with Crippen LogP contribution in [0.5, 0.6) is 0 Å². The minimum absolute atomic E-state index is 0.302. The zero-order chi connectivity index (χ0) is 13.8. The average Bonchev–Trinajstić information content (AvgIpc) is 2.40. The predicted molar refractivity (Wildman–Crippen MR) is 85.0 cm³/mol. The van der Waals surface area contributed by atoms with Gasteiger partial charge in [0.25, 0.3) is 0 Å². The molecular formula is C14H8Cl4N+. The maximum absolute atomic E-state index is 6.11. The quantitative estimate of drug-likeness (QED) is 0.558. The molecule has 0 radical (unpaired) electrons. The zero-order valence-electron chi connectivity index (χ0n) is 9.58. The van der Waals surface area contributed by atoms with Crippen molar-refractivity contribution in [2.24, 2.45) is 0 Å². The van der Waals surface area contributed by atoms with E-state index in [1.807, 2.05) is 0 Å². The van der Waals surface area contributed by atoms with Crippen LogP contribution in [-0.4, -0.2) is 10.3 Å². The minimum Gasteiger partial charge on any atom is -0.0843 e. The fraction of sp³-hybridized carbons (Fsp3) is 0. The van der Waals surface area contributed by atoms with Gasteiger partial charge in [-0.15, -0.1) is 0 Å². The van der Waals surface area contributed by atoms with Gasteiger partial charge in [0.15, 0.2) is 0 Å². The number of benzene rings is 2. The molecular weight excluding hydrogens is 324 g/mol. The molecule has 2 rings (SSSR count). The molecule has 2 aromatic carbocycles. The lowest BCUT2D eigenvalue weighted by atomic mass is 10.2. The monoisotopic (exact) mass is 330 g/mol. The summed E-state index contributed by atoms with van der Waals surface area (Å²) in [5, 5.41) is 1.88. The molecule has 0 spiro atoms. The third-order valence-electron chi connectivity index (χ3n) is 2.36. The summed E-state index contributed by atoms with van der Waals surface area (Å²) < 4.78 is 4.15. The van der Waals surface area contributed by atoms with Gasteiger partial charge in [-0.1, -0.05) is 27.9 Å². The van der Waals surface area contributed by atoms with Gasteiger partial charge >= 0.3 is 10.3 Å². The zero-order valence-corrected chi connectivity index (χ0v) is 12.6. The average molecular weight is 332 g/mol. The minimum atomic E-state index is 0.302. The molecule has 0 saturated carbocycles. The van der Waals surface area contributed by atoms with Crippen LogP contribution in [0.3, 0.4) is 0 Å². The van der Waals surface area contributed by atoms with E-state index in [2.05, 4.69) is 4.67 Å². The Bertz CT molecular complexity index is 583. The second-order valence-electron chi connectivity index (χ2n) is 3.71. The van der Waals surface area contributed by atoms with E-state index >= 15 is 0 Å². The molecule has 0 N–H and O–H groups in total. The molecule has 5 heteroatoms. The summed E-state index contributed by atoms with van der Waals surface area (Å²) in [7, 11) is 0. The Balaban J connectivity index is 2.39. The van der Waals surface area contributed by atoms with Crippen LogP contribution < -0.4 is 4.67 Å². The summed E-state index contributed by atoms with van der Waals surface area (Å²) >= 11 is 23.8. The summed E-state index contributed by atoms with van der Waals surface area (Å²) in [6.07, 6.45) is 0. The molecule has 0 atom stereocenters.